The molecule has 1 aliphatic heterocycles. The first-order valence-electron chi connectivity index (χ1n) is 7.90. The van der Waals surface area contributed by atoms with Crippen molar-refractivity contribution >= 4 is 17.5 Å². The van der Waals surface area contributed by atoms with Gasteiger partial charge in [0.2, 0.25) is 5.95 Å². The van der Waals surface area contributed by atoms with Gasteiger partial charge in [0.15, 0.2) is 11.6 Å². The number of aryl methyl sites for hydroxylation is 1. The number of carbonyl (C=O) groups is 1. The average Bonchev–Trinajstić information content (AvgIpc) is 2.58. The second kappa shape index (κ2) is 6.90. The number of anilines is 2. The Bertz CT molecular complexity index is 760. The number of rotatable bonds is 3. The van der Waals surface area contributed by atoms with Gasteiger partial charge in [-0.3, -0.25) is 4.79 Å². The smallest absolute Gasteiger partial charge is 0.274 e. The van der Waals surface area contributed by atoms with Crippen molar-refractivity contribution in [2.24, 2.45) is 0 Å². The summed E-state index contributed by atoms with van der Waals surface area (Å²) in [5.41, 5.74) is 1.06. The Kier molecular flexibility index (Phi) is 4.69. The van der Waals surface area contributed by atoms with Crippen molar-refractivity contribution in [3.63, 3.8) is 0 Å². The molecule has 2 aromatic rings. The number of piperidine rings is 1. The van der Waals surface area contributed by atoms with E-state index in [1.807, 2.05) is 0 Å². The van der Waals surface area contributed by atoms with Crippen molar-refractivity contribution in [3.8, 4) is 0 Å². The van der Waals surface area contributed by atoms with E-state index in [0.29, 0.717) is 11.6 Å². The van der Waals surface area contributed by atoms with Gasteiger partial charge in [0.25, 0.3) is 5.91 Å². The SMILES string of the molecule is Cc1cc(C(=O)Nc2ccc(F)c(F)c2)nc(N2CCCCC2)n1. The largest absolute Gasteiger partial charge is 0.341 e. The Labute approximate surface area is 138 Å². The van der Waals surface area contributed by atoms with E-state index in [1.165, 1.54) is 12.5 Å². The molecule has 0 bridgehead atoms. The zero-order valence-electron chi connectivity index (χ0n) is 13.4. The van der Waals surface area contributed by atoms with E-state index in [-0.39, 0.29) is 11.4 Å². The highest BCUT2D eigenvalue weighted by Crippen LogP contribution is 2.18. The van der Waals surface area contributed by atoms with Gasteiger partial charge in [-0.2, -0.15) is 0 Å². The molecule has 1 N–H and O–H groups in total. The lowest BCUT2D eigenvalue weighted by Crippen LogP contribution is -2.31. The Balaban J connectivity index is 1.81. The Morgan fingerprint density at radius 3 is 2.54 bits per heavy atom. The zero-order chi connectivity index (χ0) is 17.1. The van der Waals surface area contributed by atoms with E-state index < -0.39 is 17.5 Å². The molecule has 1 amide bonds. The Morgan fingerprint density at radius 2 is 1.83 bits per heavy atom. The van der Waals surface area contributed by atoms with Crippen LogP contribution in [0.5, 0.6) is 0 Å². The Morgan fingerprint density at radius 1 is 1.08 bits per heavy atom. The first kappa shape index (κ1) is 16.3. The van der Waals surface area contributed by atoms with Crippen LogP contribution in [0, 0.1) is 18.6 Å². The summed E-state index contributed by atoms with van der Waals surface area (Å²) in [7, 11) is 0. The van der Waals surface area contributed by atoms with Crippen molar-refractivity contribution in [2.45, 2.75) is 26.2 Å². The first-order valence-corrected chi connectivity index (χ1v) is 7.90. The normalized spacial score (nSPS) is 14.5. The van der Waals surface area contributed by atoms with Gasteiger partial charge in [-0.05, 0) is 44.4 Å². The molecular formula is C17H18F2N4O. The summed E-state index contributed by atoms with van der Waals surface area (Å²) in [5.74, 6) is -1.92. The van der Waals surface area contributed by atoms with Gasteiger partial charge >= 0.3 is 0 Å². The van der Waals surface area contributed by atoms with Crippen LogP contribution in [0.2, 0.25) is 0 Å². The molecule has 0 saturated carbocycles. The molecule has 0 unspecified atom stereocenters. The third kappa shape index (κ3) is 3.67. The minimum atomic E-state index is -1.01. The molecule has 0 aliphatic carbocycles. The summed E-state index contributed by atoms with van der Waals surface area (Å²) in [6.45, 7) is 3.53. The molecule has 3 rings (SSSR count). The van der Waals surface area contributed by atoms with Crippen molar-refractivity contribution in [3.05, 3.63) is 47.3 Å². The molecule has 0 radical (unpaired) electrons. The molecular weight excluding hydrogens is 314 g/mol. The van der Waals surface area contributed by atoms with Gasteiger partial charge in [-0.15, -0.1) is 0 Å². The highest BCUT2D eigenvalue weighted by Gasteiger charge is 2.17. The molecule has 1 aromatic heterocycles. The highest BCUT2D eigenvalue weighted by atomic mass is 19.2. The molecule has 1 fully saturated rings. The number of aromatic nitrogens is 2. The fourth-order valence-corrected chi connectivity index (χ4v) is 2.67. The quantitative estimate of drug-likeness (QED) is 0.937. The predicted molar refractivity (Wildman–Crippen MR) is 87.1 cm³/mol. The highest BCUT2D eigenvalue weighted by molar-refractivity contribution is 6.03. The zero-order valence-corrected chi connectivity index (χ0v) is 13.4. The van der Waals surface area contributed by atoms with Crippen molar-refractivity contribution in [2.75, 3.05) is 23.3 Å². The van der Waals surface area contributed by atoms with Crippen LogP contribution in [-0.4, -0.2) is 29.0 Å². The maximum atomic E-state index is 13.2. The van der Waals surface area contributed by atoms with Crippen LogP contribution in [0.3, 0.4) is 0 Å². The maximum absolute atomic E-state index is 13.2. The lowest BCUT2D eigenvalue weighted by Gasteiger charge is -2.27. The average molecular weight is 332 g/mol. The van der Waals surface area contributed by atoms with E-state index in [2.05, 4.69) is 20.2 Å². The standard InChI is InChI=1S/C17H18F2N4O/c1-11-9-15(22-17(20-11)23-7-3-2-4-8-23)16(24)21-12-5-6-13(18)14(19)10-12/h5-6,9-10H,2-4,7-8H2,1H3,(H,21,24). The van der Waals surface area contributed by atoms with Gasteiger partial charge in [-0.1, -0.05) is 0 Å². The monoisotopic (exact) mass is 332 g/mol. The number of benzene rings is 1. The fourth-order valence-electron chi connectivity index (χ4n) is 2.67. The number of hydrogen-bond acceptors (Lipinski definition) is 4. The van der Waals surface area contributed by atoms with Gasteiger partial charge in [0.05, 0.1) is 0 Å². The van der Waals surface area contributed by atoms with Gasteiger partial charge in [-0.25, -0.2) is 18.7 Å². The predicted octanol–water partition coefficient (Wildman–Crippen LogP) is 3.31. The minimum absolute atomic E-state index is 0.176. The summed E-state index contributed by atoms with van der Waals surface area (Å²) in [6.07, 6.45) is 3.34. The third-order valence-corrected chi connectivity index (χ3v) is 3.89. The number of amides is 1. The second-order valence-corrected chi connectivity index (χ2v) is 5.83. The summed E-state index contributed by atoms with van der Waals surface area (Å²) < 4.78 is 26.2. The summed E-state index contributed by atoms with van der Waals surface area (Å²) in [6, 6.07) is 4.78. The van der Waals surface area contributed by atoms with Crippen LogP contribution in [0.25, 0.3) is 0 Å². The summed E-state index contributed by atoms with van der Waals surface area (Å²) >= 11 is 0. The van der Waals surface area contributed by atoms with Crippen molar-refractivity contribution < 1.29 is 13.6 Å². The molecule has 0 atom stereocenters. The first-order chi connectivity index (χ1) is 11.5. The number of hydrogen-bond donors (Lipinski definition) is 1. The molecule has 126 valence electrons. The third-order valence-electron chi connectivity index (χ3n) is 3.89. The molecule has 5 nitrogen and oxygen atoms in total. The van der Waals surface area contributed by atoms with Crippen LogP contribution >= 0.6 is 0 Å². The van der Waals surface area contributed by atoms with E-state index >= 15 is 0 Å². The van der Waals surface area contributed by atoms with Crippen LogP contribution in [0.15, 0.2) is 24.3 Å². The second-order valence-electron chi connectivity index (χ2n) is 5.83. The van der Waals surface area contributed by atoms with Crippen LogP contribution in [-0.2, 0) is 0 Å². The van der Waals surface area contributed by atoms with Crippen LogP contribution in [0.4, 0.5) is 20.4 Å². The van der Waals surface area contributed by atoms with E-state index in [4.69, 9.17) is 0 Å². The van der Waals surface area contributed by atoms with Crippen LogP contribution < -0.4 is 10.2 Å². The summed E-state index contributed by atoms with van der Waals surface area (Å²) in [5, 5.41) is 2.53. The molecule has 24 heavy (non-hydrogen) atoms. The molecule has 2 heterocycles. The lowest BCUT2D eigenvalue weighted by atomic mass is 10.1. The van der Waals surface area contributed by atoms with Crippen molar-refractivity contribution in [1.82, 2.24) is 9.97 Å². The summed E-state index contributed by atoms with van der Waals surface area (Å²) in [4.78, 5) is 23.1. The van der Waals surface area contributed by atoms with Crippen LogP contribution in [0.1, 0.15) is 35.4 Å². The van der Waals surface area contributed by atoms with Gasteiger partial charge < -0.3 is 10.2 Å². The van der Waals surface area contributed by atoms with Crippen molar-refractivity contribution in [1.29, 1.82) is 0 Å². The molecule has 1 saturated heterocycles. The van der Waals surface area contributed by atoms with Gasteiger partial charge in [0.1, 0.15) is 5.69 Å². The number of nitrogens with one attached hydrogen (secondary N) is 1. The number of halogens is 2. The lowest BCUT2D eigenvalue weighted by molar-refractivity contribution is 0.102. The molecule has 0 spiro atoms. The Hall–Kier alpha value is -2.57. The van der Waals surface area contributed by atoms with E-state index in [0.717, 1.165) is 38.1 Å². The number of nitrogens with zero attached hydrogens (tertiary/aromatic N) is 3. The molecule has 1 aliphatic rings. The molecule has 1 aromatic carbocycles. The van der Waals surface area contributed by atoms with E-state index in [9.17, 15) is 13.6 Å². The van der Waals surface area contributed by atoms with E-state index in [1.54, 1.807) is 13.0 Å². The topological polar surface area (TPSA) is 58.1 Å². The maximum Gasteiger partial charge on any atom is 0.274 e. The fraction of sp³-hybridized carbons (Fsp3) is 0.353. The molecule has 7 heteroatoms. The number of carbonyl (C=O) groups excluding carboxylic acids is 1. The minimum Gasteiger partial charge on any atom is -0.341 e. The van der Waals surface area contributed by atoms with Gasteiger partial charge in [0, 0.05) is 30.5 Å².